The van der Waals surface area contributed by atoms with E-state index < -0.39 is 17.1 Å². The Morgan fingerprint density at radius 1 is 1.27 bits per heavy atom. The Bertz CT molecular complexity index is 1040. The van der Waals surface area contributed by atoms with Crippen LogP contribution < -0.4 is 10.1 Å². The maximum absolute atomic E-state index is 12.7. The topological polar surface area (TPSA) is 95.9 Å². The maximum atomic E-state index is 12.7. The number of hydrogen-bond donors (Lipinski definition) is 2. The number of nitrogens with zero attached hydrogens (tertiary/aromatic N) is 1. The van der Waals surface area contributed by atoms with Gasteiger partial charge in [0.15, 0.2) is 11.5 Å². The van der Waals surface area contributed by atoms with E-state index in [1.165, 1.54) is 6.08 Å². The highest BCUT2D eigenvalue weighted by molar-refractivity contribution is 9.10. The highest BCUT2D eigenvalue weighted by Gasteiger charge is 2.36. The van der Waals surface area contributed by atoms with Gasteiger partial charge in [0.25, 0.3) is 11.1 Å². The Morgan fingerprint density at radius 2 is 1.97 bits per heavy atom. The predicted octanol–water partition coefficient (Wildman–Crippen LogP) is 4.54. The third-order valence-electron chi connectivity index (χ3n) is 4.16. The quantitative estimate of drug-likeness (QED) is 0.577. The van der Waals surface area contributed by atoms with Gasteiger partial charge in [0.1, 0.15) is 6.54 Å². The van der Waals surface area contributed by atoms with Crippen LogP contribution in [0.2, 0.25) is 0 Å². The molecule has 3 rings (SSSR count). The number of aryl methyl sites for hydroxylation is 1. The van der Waals surface area contributed by atoms with Crippen LogP contribution in [-0.4, -0.2) is 40.2 Å². The SMILES string of the molecule is CCOc1cc(C=C2SC(=O)N(CC(=O)Nc3ccc(C)cc3)C2=O)cc(Br)c1O. The molecule has 1 heterocycles. The first-order valence-corrected chi connectivity index (χ1v) is 10.7. The van der Waals surface area contributed by atoms with Crippen LogP contribution in [0.4, 0.5) is 10.5 Å². The van der Waals surface area contributed by atoms with E-state index in [2.05, 4.69) is 21.2 Å². The van der Waals surface area contributed by atoms with Crippen molar-refractivity contribution in [3.8, 4) is 11.5 Å². The molecule has 2 aromatic carbocycles. The Kier molecular flexibility index (Phi) is 6.84. The van der Waals surface area contributed by atoms with E-state index in [4.69, 9.17) is 4.74 Å². The van der Waals surface area contributed by atoms with E-state index in [-0.39, 0.29) is 22.9 Å². The molecule has 0 atom stereocenters. The van der Waals surface area contributed by atoms with Crippen LogP contribution in [0.25, 0.3) is 6.08 Å². The van der Waals surface area contributed by atoms with E-state index in [1.807, 2.05) is 19.1 Å². The van der Waals surface area contributed by atoms with Crippen molar-refractivity contribution in [1.29, 1.82) is 0 Å². The molecule has 3 amide bonds. The molecule has 0 aromatic heterocycles. The van der Waals surface area contributed by atoms with Gasteiger partial charge in [-0.1, -0.05) is 17.7 Å². The largest absolute Gasteiger partial charge is 0.503 e. The minimum Gasteiger partial charge on any atom is -0.503 e. The van der Waals surface area contributed by atoms with E-state index >= 15 is 0 Å². The fourth-order valence-corrected chi connectivity index (χ4v) is 4.01. The van der Waals surface area contributed by atoms with Crippen molar-refractivity contribution < 1.29 is 24.2 Å². The standard InChI is InChI=1S/C21H19BrN2O5S/c1-3-29-16-9-13(8-15(22)19(16)26)10-17-20(27)24(21(28)30-17)11-18(25)23-14-6-4-12(2)5-7-14/h4-10,26H,3,11H2,1-2H3,(H,23,25). The number of carbonyl (C=O) groups is 3. The van der Waals surface area contributed by atoms with E-state index in [9.17, 15) is 19.5 Å². The first kappa shape index (κ1) is 21.9. The van der Waals surface area contributed by atoms with Gasteiger partial charge in [-0.05, 0) is 77.4 Å². The summed E-state index contributed by atoms with van der Waals surface area (Å²) in [7, 11) is 0. The fourth-order valence-electron chi connectivity index (χ4n) is 2.71. The second-order valence-corrected chi connectivity index (χ2v) is 8.31. The van der Waals surface area contributed by atoms with Gasteiger partial charge in [-0.2, -0.15) is 0 Å². The number of phenols is 1. The lowest BCUT2D eigenvalue weighted by Gasteiger charge is -2.12. The predicted molar refractivity (Wildman–Crippen MR) is 119 cm³/mol. The summed E-state index contributed by atoms with van der Waals surface area (Å²) in [5.74, 6) is -0.802. The molecule has 0 unspecified atom stereocenters. The van der Waals surface area contributed by atoms with Gasteiger partial charge < -0.3 is 15.2 Å². The van der Waals surface area contributed by atoms with Crippen molar-refractivity contribution >= 4 is 56.5 Å². The number of anilines is 1. The molecule has 2 aromatic rings. The Hall–Kier alpha value is -2.78. The number of ether oxygens (including phenoxy) is 1. The number of imide groups is 1. The van der Waals surface area contributed by atoms with Crippen LogP contribution in [0.15, 0.2) is 45.8 Å². The van der Waals surface area contributed by atoms with Crippen molar-refractivity contribution in [2.75, 3.05) is 18.5 Å². The summed E-state index contributed by atoms with van der Waals surface area (Å²) in [5, 5.41) is 12.2. The molecular formula is C21H19BrN2O5S. The number of hydrogen-bond acceptors (Lipinski definition) is 6. The van der Waals surface area contributed by atoms with Crippen molar-refractivity contribution in [1.82, 2.24) is 4.90 Å². The molecule has 0 saturated carbocycles. The first-order valence-electron chi connectivity index (χ1n) is 9.05. The average Bonchev–Trinajstić information content (AvgIpc) is 2.95. The van der Waals surface area contributed by atoms with Crippen LogP contribution in [0.5, 0.6) is 11.5 Å². The third-order valence-corrected chi connectivity index (χ3v) is 5.67. The Labute approximate surface area is 186 Å². The molecule has 9 heteroatoms. The van der Waals surface area contributed by atoms with Gasteiger partial charge in [0.2, 0.25) is 5.91 Å². The van der Waals surface area contributed by atoms with E-state index in [0.717, 1.165) is 22.2 Å². The minimum atomic E-state index is -0.550. The molecule has 2 N–H and O–H groups in total. The molecule has 0 aliphatic carbocycles. The van der Waals surface area contributed by atoms with Gasteiger partial charge in [-0.15, -0.1) is 0 Å². The lowest BCUT2D eigenvalue weighted by molar-refractivity contribution is -0.127. The van der Waals surface area contributed by atoms with Crippen LogP contribution >= 0.6 is 27.7 Å². The number of halogens is 1. The lowest BCUT2D eigenvalue weighted by Crippen LogP contribution is -2.36. The number of nitrogens with one attached hydrogen (secondary N) is 1. The summed E-state index contributed by atoms with van der Waals surface area (Å²) < 4.78 is 5.78. The second-order valence-electron chi connectivity index (χ2n) is 6.46. The van der Waals surface area contributed by atoms with Gasteiger partial charge in [0.05, 0.1) is 16.0 Å². The summed E-state index contributed by atoms with van der Waals surface area (Å²) in [5.41, 5.74) is 2.21. The summed E-state index contributed by atoms with van der Waals surface area (Å²) in [6.07, 6.45) is 1.52. The average molecular weight is 491 g/mol. The summed E-state index contributed by atoms with van der Waals surface area (Å²) in [6, 6.07) is 10.4. The van der Waals surface area contributed by atoms with E-state index in [1.54, 1.807) is 31.2 Å². The fraction of sp³-hybridized carbons (Fsp3) is 0.190. The summed E-state index contributed by atoms with van der Waals surface area (Å²) in [4.78, 5) is 38.3. The number of amides is 3. The number of phenolic OH excluding ortho intramolecular Hbond substituents is 1. The zero-order chi connectivity index (χ0) is 21.8. The number of benzene rings is 2. The zero-order valence-corrected chi connectivity index (χ0v) is 18.7. The second kappa shape index (κ2) is 9.36. The van der Waals surface area contributed by atoms with Crippen molar-refractivity contribution in [3.63, 3.8) is 0 Å². The van der Waals surface area contributed by atoms with Crippen LogP contribution in [0, 0.1) is 6.92 Å². The zero-order valence-electron chi connectivity index (χ0n) is 16.3. The van der Waals surface area contributed by atoms with Crippen LogP contribution in [0.3, 0.4) is 0 Å². The number of rotatable bonds is 6. The molecule has 1 aliphatic rings. The number of carbonyl (C=O) groups excluding carboxylic acids is 3. The molecule has 1 aliphatic heterocycles. The summed E-state index contributed by atoms with van der Waals surface area (Å²) >= 11 is 4.00. The molecule has 1 saturated heterocycles. The molecule has 0 radical (unpaired) electrons. The Morgan fingerprint density at radius 3 is 2.63 bits per heavy atom. The third kappa shape index (κ3) is 5.03. The van der Waals surface area contributed by atoms with Crippen molar-refractivity contribution in [2.24, 2.45) is 0 Å². The van der Waals surface area contributed by atoms with Gasteiger partial charge in [0, 0.05) is 5.69 Å². The Balaban J connectivity index is 1.74. The van der Waals surface area contributed by atoms with Crippen molar-refractivity contribution in [2.45, 2.75) is 13.8 Å². The van der Waals surface area contributed by atoms with E-state index in [0.29, 0.717) is 22.3 Å². The van der Waals surface area contributed by atoms with Crippen LogP contribution in [-0.2, 0) is 9.59 Å². The smallest absolute Gasteiger partial charge is 0.294 e. The molecule has 0 spiro atoms. The molecular weight excluding hydrogens is 472 g/mol. The number of aromatic hydroxyl groups is 1. The van der Waals surface area contributed by atoms with Crippen molar-refractivity contribution in [3.05, 3.63) is 56.9 Å². The highest BCUT2D eigenvalue weighted by atomic mass is 79.9. The molecule has 0 bridgehead atoms. The highest BCUT2D eigenvalue weighted by Crippen LogP contribution is 2.38. The molecule has 30 heavy (non-hydrogen) atoms. The molecule has 7 nitrogen and oxygen atoms in total. The van der Waals surface area contributed by atoms with Crippen LogP contribution in [0.1, 0.15) is 18.1 Å². The maximum Gasteiger partial charge on any atom is 0.294 e. The van der Waals surface area contributed by atoms with Gasteiger partial charge in [-0.3, -0.25) is 19.3 Å². The first-order chi connectivity index (χ1) is 14.3. The molecule has 1 fully saturated rings. The van der Waals surface area contributed by atoms with Gasteiger partial charge in [-0.25, -0.2) is 0 Å². The van der Waals surface area contributed by atoms with Gasteiger partial charge >= 0.3 is 0 Å². The monoisotopic (exact) mass is 490 g/mol. The number of thioether (sulfide) groups is 1. The molecule has 156 valence electrons. The normalized spacial score (nSPS) is 15.0. The lowest BCUT2D eigenvalue weighted by atomic mass is 10.2. The minimum absolute atomic E-state index is 0.0464. The summed E-state index contributed by atoms with van der Waals surface area (Å²) in [6.45, 7) is 3.70.